The summed E-state index contributed by atoms with van der Waals surface area (Å²) < 4.78 is 22.2. The summed E-state index contributed by atoms with van der Waals surface area (Å²) in [7, 11) is -2.57. The molecule has 0 amide bonds. The summed E-state index contributed by atoms with van der Waals surface area (Å²) in [6, 6.07) is 9.08. The van der Waals surface area contributed by atoms with Crippen LogP contribution in [0.2, 0.25) is 5.02 Å². The normalized spacial score (nSPS) is 11.1. The van der Waals surface area contributed by atoms with Crippen LogP contribution in [0, 0.1) is 5.41 Å². The van der Waals surface area contributed by atoms with Crippen LogP contribution >= 0.6 is 34.3 Å². The van der Waals surface area contributed by atoms with Crippen molar-refractivity contribution in [2.75, 3.05) is 0 Å². The van der Waals surface area contributed by atoms with E-state index < -0.39 is 10.7 Å². The van der Waals surface area contributed by atoms with Gasteiger partial charge < -0.3 is 5.73 Å². The number of hydrogen-bond acceptors (Lipinski definition) is 6. The second kappa shape index (κ2) is 7.02. The molecule has 0 radical (unpaired) electrons. The summed E-state index contributed by atoms with van der Waals surface area (Å²) in [5, 5.41) is 10.8. The van der Waals surface area contributed by atoms with E-state index in [1.165, 1.54) is 22.7 Å². The molecule has 0 aliphatic heterocycles. The number of benzene rings is 1. The summed E-state index contributed by atoms with van der Waals surface area (Å²) in [5.74, 6) is -0.165. The average molecular weight is 398 g/mol. The molecule has 2 aromatic heterocycles. The Hall–Kier alpha value is -1.74. The lowest BCUT2D eigenvalue weighted by Crippen LogP contribution is -2.08. The Morgan fingerprint density at radius 2 is 2.00 bits per heavy atom. The first-order chi connectivity index (χ1) is 11.4. The predicted octanol–water partition coefficient (Wildman–Crippen LogP) is 3.59. The van der Waals surface area contributed by atoms with Crippen molar-refractivity contribution in [3.63, 3.8) is 0 Å². The van der Waals surface area contributed by atoms with Gasteiger partial charge in [-0.1, -0.05) is 23.7 Å². The van der Waals surface area contributed by atoms with Crippen molar-refractivity contribution in [1.29, 1.82) is 5.41 Å². The number of aromatic nitrogens is 1. The van der Waals surface area contributed by atoms with Gasteiger partial charge in [0.2, 0.25) is 0 Å². The van der Waals surface area contributed by atoms with E-state index in [2.05, 4.69) is 4.98 Å². The van der Waals surface area contributed by atoms with Crippen LogP contribution in [0.3, 0.4) is 0 Å². The molecule has 124 valence electrons. The van der Waals surface area contributed by atoms with Crippen molar-refractivity contribution in [3.8, 4) is 21.8 Å². The van der Waals surface area contributed by atoms with Crippen LogP contribution in [0.5, 0.6) is 0 Å². The molecule has 0 atom stereocenters. The lowest BCUT2D eigenvalue weighted by atomic mass is 10.2. The third-order valence-electron chi connectivity index (χ3n) is 3.22. The molecule has 0 aliphatic rings. The molecule has 0 bridgehead atoms. The van der Waals surface area contributed by atoms with Crippen LogP contribution in [-0.4, -0.2) is 19.2 Å². The van der Waals surface area contributed by atoms with Crippen LogP contribution < -0.4 is 5.73 Å². The summed E-state index contributed by atoms with van der Waals surface area (Å²) in [4.78, 5) is 5.78. The van der Waals surface area contributed by atoms with E-state index in [9.17, 15) is 8.42 Å². The molecule has 0 fully saturated rings. The van der Waals surface area contributed by atoms with E-state index >= 15 is 0 Å². The minimum Gasteiger partial charge on any atom is -0.383 e. The van der Waals surface area contributed by atoms with Gasteiger partial charge in [0.25, 0.3) is 0 Å². The number of nitrogens with two attached hydrogens (primary N) is 1. The fourth-order valence-corrected chi connectivity index (χ4v) is 4.99. The zero-order valence-electron chi connectivity index (χ0n) is 12.2. The third kappa shape index (κ3) is 3.67. The van der Waals surface area contributed by atoms with Crippen LogP contribution in [0.25, 0.3) is 21.8 Å². The van der Waals surface area contributed by atoms with Gasteiger partial charge in [0.15, 0.2) is 0 Å². The van der Waals surface area contributed by atoms with Gasteiger partial charge in [-0.25, -0.2) is 13.4 Å². The molecule has 3 N–H and O–H groups in total. The van der Waals surface area contributed by atoms with Crippen molar-refractivity contribution in [3.05, 3.63) is 50.5 Å². The van der Waals surface area contributed by atoms with Gasteiger partial charge in [0.1, 0.15) is 21.5 Å². The van der Waals surface area contributed by atoms with Gasteiger partial charge in [-0.15, -0.1) is 22.7 Å². The average Bonchev–Trinajstić information content (AvgIpc) is 3.14. The monoisotopic (exact) mass is 397 g/mol. The lowest BCUT2D eigenvalue weighted by Gasteiger charge is -1.97. The Bertz CT molecular complexity index is 966. The second-order valence-electron chi connectivity index (χ2n) is 4.90. The Balaban J connectivity index is 2.02. The molecule has 3 rings (SSSR count). The summed E-state index contributed by atoms with van der Waals surface area (Å²) in [6.07, 6.45) is 0. The van der Waals surface area contributed by atoms with Crippen molar-refractivity contribution in [2.45, 2.75) is 5.75 Å². The van der Waals surface area contributed by atoms with Crippen LogP contribution in [0.15, 0.2) is 35.7 Å². The minimum absolute atomic E-state index is 0.0805. The molecular weight excluding hydrogens is 386 g/mol. The van der Waals surface area contributed by atoms with Crippen LogP contribution in [-0.2, 0) is 16.5 Å². The number of thiol groups is 1. The quantitative estimate of drug-likeness (QED) is 0.348. The molecular formula is C15H12ClN3O2S3. The minimum atomic E-state index is -2.57. The molecule has 0 saturated carbocycles. The molecule has 9 heteroatoms. The number of nitrogens with zero attached hydrogens (tertiary/aromatic N) is 1. The Labute approximate surface area is 153 Å². The lowest BCUT2D eigenvalue weighted by molar-refractivity contribution is 0.614. The summed E-state index contributed by atoms with van der Waals surface area (Å²) in [6.45, 7) is 0. The third-order valence-corrected chi connectivity index (χ3v) is 6.31. The van der Waals surface area contributed by atoms with Crippen molar-refractivity contribution in [2.24, 2.45) is 5.73 Å². The van der Waals surface area contributed by atoms with E-state index in [1.807, 2.05) is 17.5 Å². The van der Waals surface area contributed by atoms with Gasteiger partial charge in [-0.2, -0.15) is 0 Å². The molecule has 1 aromatic carbocycles. The van der Waals surface area contributed by atoms with Crippen molar-refractivity contribution in [1.82, 2.24) is 4.98 Å². The maximum absolute atomic E-state index is 11.1. The van der Waals surface area contributed by atoms with Crippen molar-refractivity contribution >= 4 is 50.8 Å². The number of amidine groups is 1. The number of hydrogen-bond donors (Lipinski definition) is 3. The maximum Gasteiger partial charge on any atom is 0.145 e. The van der Waals surface area contributed by atoms with Crippen LogP contribution in [0.4, 0.5) is 0 Å². The molecule has 0 spiro atoms. The number of halogens is 1. The molecule has 0 saturated heterocycles. The van der Waals surface area contributed by atoms with Gasteiger partial charge in [-0.3, -0.25) is 5.41 Å². The number of nitrogen functional groups attached to an aromatic ring is 1. The maximum atomic E-state index is 11.1. The number of rotatable bonds is 5. The topological polar surface area (TPSA) is 96.9 Å². The van der Waals surface area contributed by atoms with Crippen molar-refractivity contribution < 1.29 is 8.42 Å². The van der Waals surface area contributed by atoms with E-state index in [0.29, 0.717) is 19.8 Å². The number of thiophene rings is 1. The van der Waals surface area contributed by atoms with Gasteiger partial charge in [0, 0.05) is 26.4 Å². The fourth-order valence-electron chi connectivity index (χ4n) is 2.13. The highest BCUT2D eigenvalue weighted by Crippen LogP contribution is 2.36. The summed E-state index contributed by atoms with van der Waals surface area (Å²) >= 11 is 8.53. The summed E-state index contributed by atoms with van der Waals surface area (Å²) in [5.41, 5.74) is 7.97. The highest BCUT2D eigenvalue weighted by molar-refractivity contribution is 7.71. The number of thiazole rings is 1. The van der Waals surface area contributed by atoms with Gasteiger partial charge in [0.05, 0.1) is 16.3 Å². The zero-order chi connectivity index (χ0) is 17.3. The second-order valence-corrected chi connectivity index (χ2v) is 8.31. The van der Waals surface area contributed by atoms with E-state index in [1.54, 1.807) is 18.2 Å². The first-order valence-electron chi connectivity index (χ1n) is 6.75. The predicted molar refractivity (Wildman–Crippen MR) is 101 cm³/mol. The largest absolute Gasteiger partial charge is 0.383 e. The molecule has 2 heterocycles. The molecule has 3 aromatic rings. The van der Waals surface area contributed by atoms with Gasteiger partial charge >= 0.3 is 0 Å². The standard InChI is InChI=1S/C15H12ClN3O2S3/c16-9-3-1-8(2-4-9)11-6-22-15(19-11)10-5-12(14(17)18)23-13(10)7-24(20)21/h1-6,24H,7H2,(H3,17,18). The van der Waals surface area contributed by atoms with E-state index in [0.717, 1.165) is 16.8 Å². The highest BCUT2D eigenvalue weighted by Gasteiger charge is 2.16. The zero-order valence-corrected chi connectivity index (χ0v) is 15.4. The van der Waals surface area contributed by atoms with E-state index in [4.69, 9.17) is 22.7 Å². The Kier molecular flexibility index (Phi) is 5.00. The fraction of sp³-hybridized carbons (Fsp3) is 0.0667. The molecule has 5 nitrogen and oxygen atoms in total. The molecule has 0 aliphatic carbocycles. The van der Waals surface area contributed by atoms with Crippen LogP contribution in [0.1, 0.15) is 9.75 Å². The number of nitrogens with one attached hydrogen (secondary N) is 1. The molecule has 0 unspecified atom stereocenters. The smallest absolute Gasteiger partial charge is 0.145 e. The SMILES string of the molecule is N=C(N)c1cc(-c2nc(-c3ccc(Cl)cc3)cs2)c(C[SH](=O)=O)s1. The Morgan fingerprint density at radius 1 is 1.29 bits per heavy atom. The van der Waals surface area contributed by atoms with E-state index in [-0.39, 0.29) is 11.6 Å². The first kappa shape index (κ1) is 17.1. The Morgan fingerprint density at radius 3 is 2.62 bits per heavy atom. The van der Waals surface area contributed by atoms with Gasteiger partial charge in [-0.05, 0) is 18.2 Å². The first-order valence-corrected chi connectivity index (χ1v) is 10.2. The molecule has 24 heavy (non-hydrogen) atoms. The highest BCUT2D eigenvalue weighted by atomic mass is 35.5.